The van der Waals surface area contributed by atoms with Crippen LogP contribution in [0, 0.1) is 5.92 Å². The van der Waals surface area contributed by atoms with Crippen LogP contribution < -0.4 is 5.32 Å². The van der Waals surface area contributed by atoms with Gasteiger partial charge in [0.05, 0.1) is 5.92 Å². The molecule has 4 heteroatoms. The minimum Gasteiger partial charge on any atom is -0.355 e. The molecule has 0 aliphatic carbocycles. The lowest BCUT2D eigenvalue weighted by Crippen LogP contribution is -2.43. The highest BCUT2D eigenvalue weighted by atomic mass is 16.2. The molecule has 1 aliphatic rings. The van der Waals surface area contributed by atoms with E-state index in [4.69, 9.17) is 0 Å². The number of carbonyl (C=O) groups excluding carboxylic acids is 2. The van der Waals surface area contributed by atoms with Crippen LogP contribution >= 0.6 is 0 Å². The average molecular weight is 240 g/mol. The second kappa shape index (κ2) is 7.30. The van der Waals surface area contributed by atoms with Gasteiger partial charge >= 0.3 is 0 Å². The average Bonchev–Trinajstić information content (AvgIpc) is 2.39. The largest absolute Gasteiger partial charge is 0.355 e. The van der Waals surface area contributed by atoms with Crippen molar-refractivity contribution < 1.29 is 9.59 Å². The summed E-state index contributed by atoms with van der Waals surface area (Å²) in [5.41, 5.74) is 0. The smallest absolute Gasteiger partial charge is 0.227 e. The van der Waals surface area contributed by atoms with Crippen LogP contribution in [0.4, 0.5) is 0 Å². The maximum absolute atomic E-state index is 12.2. The van der Waals surface area contributed by atoms with E-state index in [0.717, 1.165) is 32.4 Å². The second-order valence-corrected chi connectivity index (χ2v) is 4.65. The fraction of sp³-hybridized carbons (Fsp3) is 0.846. The Morgan fingerprint density at radius 3 is 2.35 bits per heavy atom. The third-order valence-corrected chi connectivity index (χ3v) is 3.38. The fourth-order valence-electron chi connectivity index (χ4n) is 2.14. The molecule has 4 nitrogen and oxygen atoms in total. The summed E-state index contributed by atoms with van der Waals surface area (Å²) in [6.07, 6.45) is 4.73. The van der Waals surface area contributed by atoms with Gasteiger partial charge in [0, 0.05) is 26.1 Å². The number of hydrogen-bond donors (Lipinski definition) is 1. The molecule has 98 valence electrons. The Labute approximate surface area is 104 Å². The van der Waals surface area contributed by atoms with Crippen LogP contribution in [0.2, 0.25) is 0 Å². The molecule has 1 N–H and O–H groups in total. The number of nitrogens with zero attached hydrogens (tertiary/aromatic N) is 1. The predicted octanol–water partition coefficient (Wildman–Crippen LogP) is 1.55. The normalized spacial score (nSPS) is 17.6. The summed E-state index contributed by atoms with van der Waals surface area (Å²) in [6, 6.07) is 0. The Morgan fingerprint density at radius 2 is 1.82 bits per heavy atom. The standard InChI is InChI=1S/C13H24N2O2/c1-3-11(10-14-12(16)4-2)13(17)15-8-6-5-7-9-15/h11H,3-10H2,1-2H3,(H,14,16). The zero-order chi connectivity index (χ0) is 12.7. The molecule has 0 spiro atoms. The summed E-state index contributed by atoms with van der Waals surface area (Å²) in [7, 11) is 0. The number of likely N-dealkylation sites (tertiary alicyclic amines) is 1. The lowest BCUT2D eigenvalue weighted by molar-refractivity contribution is -0.136. The number of piperidine rings is 1. The van der Waals surface area contributed by atoms with E-state index in [2.05, 4.69) is 5.32 Å². The lowest BCUT2D eigenvalue weighted by Gasteiger charge is -2.30. The number of amides is 2. The number of nitrogens with one attached hydrogen (secondary N) is 1. The molecule has 1 unspecified atom stereocenters. The van der Waals surface area contributed by atoms with Gasteiger partial charge < -0.3 is 10.2 Å². The molecule has 0 radical (unpaired) electrons. The van der Waals surface area contributed by atoms with E-state index in [9.17, 15) is 9.59 Å². The predicted molar refractivity (Wildman–Crippen MR) is 67.5 cm³/mol. The summed E-state index contributed by atoms with van der Waals surface area (Å²) in [4.78, 5) is 25.4. The van der Waals surface area contributed by atoms with E-state index in [-0.39, 0.29) is 17.7 Å². The van der Waals surface area contributed by atoms with Crippen molar-refractivity contribution in [2.75, 3.05) is 19.6 Å². The first-order valence-electron chi connectivity index (χ1n) is 6.74. The number of rotatable bonds is 5. The van der Waals surface area contributed by atoms with E-state index >= 15 is 0 Å². The molecule has 0 saturated carbocycles. The SMILES string of the molecule is CCC(=O)NCC(CC)C(=O)N1CCCCC1. The maximum atomic E-state index is 12.2. The van der Waals surface area contributed by atoms with Gasteiger partial charge in [-0.1, -0.05) is 13.8 Å². The fourth-order valence-corrected chi connectivity index (χ4v) is 2.14. The van der Waals surface area contributed by atoms with E-state index < -0.39 is 0 Å². The topological polar surface area (TPSA) is 49.4 Å². The van der Waals surface area contributed by atoms with E-state index in [1.165, 1.54) is 6.42 Å². The molecule has 2 amide bonds. The molecule has 0 aromatic carbocycles. The summed E-state index contributed by atoms with van der Waals surface area (Å²) < 4.78 is 0. The van der Waals surface area contributed by atoms with Crippen molar-refractivity contribution in [2.24, 2.45) is 5.92 Å². The highest BCUT2D eigenvalue weighted by Crippen LogP contribution is 2.14. The van der Waals surface area contributed by atoms with Crippen molar-refractivity contribution in [3.8, 4) is 0 Å². The van der Waals surface area contributed by atoms with Gasteiger partial charge in [0.15, 0.2) is 0 Å². The van der Waals surface area contributed by atoms with Crippen molar-refractivity contribution >= 4 is 11.8 Å². The summed E-state index contributed by atoms with van der Waals surface area (Å²) in [5.74, 6) is 0.182. The highest BCUT2D eigenvalue weighted by molar-refractivity contribution is 5.80. The van der Waals surface area contributed by atoms with Gasteiger partial charge in [0.25, 0.3) is 0 Å². The van der Waals surface area contributed by atoms with Crippen LogP contribution in [-0.4, -0.2) is 36.3 Å². The number of hydrogen-bond acceptors (Lipinski definition) is 2. The molecule has 1 atom stereocenters. The Morgan fingerprint density at radius 1 is 1.18 bits per heavy atom. The van der Waals surface area contributed by atoms with Crippen molar-refractivity contribution in [2.45, 2.75) is 46.0 Å². The van der Waals surface area contributed by atoms with Gasteiger partial charge in [-0.15, -0.1) is 0 Å². The van der Waals surface area contributed by atoms with Crippen LogP contribution in [0.25, 0.3) is 0 Å². The van der Waals surface area contributed by atoms with Crippen LogP contribution in [0.1, 0.15) is 46.0 Å². The van der Waals surface area contributed by atoms with Gasteiger partial charge in [0.1, 0.15) is 0 Å². The lowest BCUT2D eigenvalue weighted by atomic mass is 10.0. The summed E-state index contributed by atoms with van der Waals surface area (Å²) >= 11 is 0. The summed E-state index contributed by atoms with van der Waals surface area (Å²) in [5, 5.41) is 2.82. The molecular weight excluding hydrogens is 216 g/mol. The van der Waals surface area contributed by atoms with E-state index in [0.29, 0.717) is 13.0 Å². The molecule has 1 rings (SSSR count). The van der Waals surface area contributed by atoms with Crippen LogP contribution in [0.5, 0.6) is 0 Å². The number of carbonyl (C=O) groups is 2. The Hall–Kier alpha value is -1.06. The Balaban J connectivity index is 2.42. The first kappa shape index (κ1) is 14.0. The van der Waals surface area contributed by atoms with E-state index in [1.807, 2.05) is 18.7 Å². The molecule has 1 saturated heterocycles. The minimum absolute atomic E-state index is 0.0231. The molecular formula is C13H24N2O2. The maximum Gasteiger partial charge on any atom is 0.227 e. The third-order valence-electron chi connectivity index (χ3n) is 3.38. The Bertz CT molecular complexity index is 260. The summed E-state index contributed by atoms with van der Waals surface area (Å²) in [6.45, 7) is 6.08. The molecule has 0 aromatic heterocycles. The van der Waals surface area contributed by atoms with Crippen LogP contribution in [0.15, 0.2) is 0 Å². The van der Waals surface area contributed by atoms with Crippen molar-refractivity contribution in [1.82, 2.24) is 10.2 Å². The van der Waals surface area contributed by atoms with Gasteiger partial charge in [-0.05, 0) is 25.7 Å². The second-order valence-electron chi connectivity index (χ2n) is 4.65. The monoisotopic (exact) mass is 240 g/mol. The first-order valence-corrected chi connectivity index (χ1v) is 6.74. The van der Waals surface area contributed by atoms with Crippen LogP contribution in [-0.2, 0) is 9.59 Å². The molecule has 1 aliphatic heterocycles. The molecule has 0 bridgehead atoms. The third kappa shape index (κ3) is 4.36. The van der Waals surface area contributed by atoms with E-state index in [1.54, 1.807) is 0 Å². The van der Waals surface area contributed by atoms with Gasteiger partial charge in [0.2, 0.25) is 11.8 Å². The van der Waals surface area contributed by atoms with Crippen LogP contribution in [0.3, 0.4) is 0 Å². The molecule has 1 fully saturated rings. The zero-order valence-corrected chi connectivity index (χ0v) is 11.0. The van der Waals surface area contributed by atoms with Gasteiger partial charge in [-0.2, -0.15) is 0 Å². The molecule has 1 heterocycles. The van der Waals surface area contributed by atoms with Gasteiger partial charge in [-0.3, -0.25) is 9.59 Å². The first-order chi connectivity index (χ1) is 8.19. The highest BCUT2D eigenvalue weighted by Gasteiger charge is 2.24. The zero-order valence-electron chi connectivity index (χ0n) is 11.0. The van der Waals surface area contributed by atoms with Gasteiger partial charge in [-0.25, -0.2) is 0 Å². The van der Waals surface area contributed by atoms with Crippen molar-refractivity contribution in [3.63, 3.8) is 0 Å². The minimum atomic E-state index is -0.0522. The molecule has 0 aromatic rings. The van der Waals surface area contributed by atoms with Crippen molar-refractivity contribution in [1.29, 1.82) is 0 Å². The quantitative estimate of drug-likeness (QED) is 0.792. The Kier molecular flexibility index (Phi) is 6.01. The molecule has 17 heavy (non-hydrogen) atoms. The van der Waals surface area contributed by atoms with Crippen molar-refractivity contribution in [3.05, 3.63) is 0 Å².